The monoisotopic (exact) mass is 301 g/mol. The van der Waals surface area contributed by atoms with Crippen LogP contribution < -0.4 is 5.32 Å². The maximum absolute atomic E-state index is 11.7. The maximum atomic E-state index is 11.7. The molecular formula is C17H32ClNO. The second-order valence-corrected chi connectivity index (χ2v) is 6.76. The highest BCUT2D eigenvalue weighted by Gasteiger charge is 2.41. The van der Waals surface area contributed by atoms with Gasteiger partial charge in [0.15, 0.2) is 0 Å². The van der Waals surface area contributed by atoms with Crippen molar-refractivity contribution >= 4 is 17.5 Å². The lowest BCUT2D eigenvalue weighted by Crippen LogP contribution is -2.30. The van der Waals surface area contributed by atoms with Gasteiger partial charge in [0.25, 0.3) is 0 Å². The zero-order valence-electron chi connectivity index (χ0n) is 13.2. The number of hydrogen-bond acceptors (Lipinski definition) is 1. The molecule has 1 rings (SSSR count). The van der Waals surface area contributed by atoms with E-state index in [0.29, 0.717) is 12.3 Å². The summed E-state index contributed by atoms with van der Waals surface area (Å²) in [6, 6.07) is 0. The van der Waals surface area contributed by atoms with Gasteiger partial charge in [-0.25, -0.2) is 0 Å². The topological polar surface area (TPSA) is 29.1 Å². The van der Waals surface area contributed by atoms with Crippen molar-refractivity contribution < 1.29 is 4.79 Å². The minimum Gasteiger partial charge on any atom is -0.356 e. The molecule has 0 saturated heterocycles. The highest BCUT2D eigenvalue weighted by molar-refractivity contribution is 6.18. The molecule has 1 aliphatic carbocycles. The van der Waals surface area contributed by atoms with Crippen molar-refractivity contribution in [3.05, 3.63) is 0 Å². The molecule has 118 valence electrons. The average Bonchev–Trinajstić information content (AvgIpc) is 3.24. The summed E-state index contributed by atoms with van der Waals surface area (Å²) in [7, 11) is 0. The molecule has 0 aliphatic heterocycles. The molecule has 0 heterocycles. The second kappa shape index (κ2) is 10.5. The van der Waals surface area contributed by atoms with Gasteiger partial charge in [-0.3, -0.25) is 4.79 Å². The molecular weight excluding hydrogens is 270 g/mol. The molecule has 0 unspecified atom stereocenters. The minimum atomic E-state index is 0.212. The Balaban J connectivity index is 1.82. The third kappa shape index (κ3) is 8.14. The Bertz CT molecular complexity index is 264. The third-order valence-corrected chi connectivity index (χ3v) is 4.98. The average molecular weight is 302 g/mol. The van der Waals surface area contributed by atoms with E-state index in [2.05, 4.69) is 12.2 Å². The van der Waals surface area contributed by atoms with Crippen molar-refractivity contribution in [2.75, 3.05) is 12.4 Å². The molecule has 0 atom stereocenters. The maximum Gasteiger partial charge on any atom is 0.220 e. The highest BCUT2D eigenvalue weighted by atomic mass is 35.5. The number of carbonyl (C=O) groups is 1. The Morgan fingerprint density at radius 1 is 1.00 bits per heavy atom. The summed E-state index contributed by atoms with van der Waals surface area (Å²) >= 11 is 5.89. The molecule has 1 N–H and O–H groups in total. The molecule has 3 heteroatoms. The largest absolute Gasteiger partial charge is 0.356 e. The summed E-state index contributed by atoms with van der Waals surface area (Å²) in [4.78, 5) is 11.7. The van der Waals surface area contributed by atoms with E-state index >= 15 is 0 Å². The summed E-state index contributed by atoms with van der Waals surface area (Å²) < 4.78 is 0. The predicted octanol–water partition coefficient (Wildman–Crippen LogP) is 5.04. The summed E-state index contributed by atoms with van der Waals surface area (Å²) in [5.74, 6) is 0.898. The molecule has 1 fully saturated rings. The van der Waals surface area contributed by atoms with Crippen molar-refractivity contribution in [1.82, 2.24) is 5.32 Å². The van der Waals surface area contributed by atoms with Crippen molar-refractivity contribution in [2.24, 2.45) is 5.41 Å². The van der Waals surface area contributed by atoms with Crippen LogP contribution in [-0.4, -0.2) is 18.3 Å². The van der Waals surface area contributed by atoms with E-state index in [4.69, 9.17) is 11.6 Å². The van der Waals surface area contributed by atoms with Gasteiger partial charge in [0.2, 0.25) is 5.91 Å². The van der Waals surface area contributed by atoms with Crippen LogP contribution in [-0.2, 0) is 4.79 Å². The fourth-order valence-electron chi connectivity index (χ4n) is 2.51. The lowest BCUT2D eigenvalue weighted by atomic mass is 10.1. The lowest BCUT2D eigenvalue weighted by molar-refractivity contribution is -0.121. The Hall–Kier alpha value is -0.240. The first-order chi connectivity index (χ1) is 9.72. The molecule has 0 spiro atoms. The van der Waals surface area contributed by atoms with E-state index < -0.39 is 0 Å². The number of unbranched alkanes of at least 4 members (excludes halogenated alkanes) is 8. The number of carbonyl (C=O) groups excluding carboxylic acids is 1. The van der Waals surface area contributed by atoms with Gasteiger partial charge in [-0.2, -0.15) is 0 Å². The van der Waals surface area contributed by atoms with Gasteiger partial charge in [0.1, 0.15) is 0 Å². The highest BCUT2D eigenvalue weighted by Crippen LogP contribution is 2.45. The first kappa shape index (κ1) is 17.8. The quantitative estimate of drug-likeness (QED) is 0.374. The third-order valence-electron chi connectivity index (χ3n) is 4.41. The summed E-state index contributed by atoms with van der Waals surface area (Å²) in [6.45, 7) is 3.04. The minimum absolute atomic E-state index is 0.212. The van der Waals surface area contributed by atoms with Crippen LogP contribution in [0.1, 0.15) is 84.0 Å². The molecule has 0 bridgehead atoms. The number of nitrogens with one attached hydrogen (secondary N) is 1. The van der Waals surface area contributed by atoms with Gasteiger partial charge >= 0.3 is 0 Å². The molecule has 1 saturated carbocycles. The molecule has 2 nitrogen and oxygen atoms in total. The first-order valence-corrected chi connectivity index (χ1v) is 9.08. The van der Waals surface area contributed by atoms with E-state index in [1.54, 1.807) is 0 Å². The smallest absolute Gasteiger partial charge is 0.220 e. The molecule has 0 aromatic rings. The van der Waals surface area contributed by atoms with Gasteiger partial charge in [0, 0.05) is 24.3 Å². The molecule has 1 aliphatic rings. The van der Waals surface area contributed by atoms with Crippen LogP contribution in [0.2, 0.25) is 0 Å². The summed E-state index contributed by atoms with van der Waals surface area (Å²) in [6.07, 6.45) is 14.7. The van der Waals surface area contributed by atoms with Crippen molar-refractivity contribution in [3.8, 4) is 0 Å². The summed E-state index contributed by atoms with van der Waals surface area (Å²) in [5.41, 5.74) is 0.246. The van der Waals surface area contributed by atoms with Crippen molar-refractivity contribution in [3.63, 3.8) is 0 Å². The number of halogens is 1. The van der Waals surface area contributed by atoms with Crippen LogP contribution in [0, 0.1) is 5.41 Å². The number of rotatable bonds is 13. The molecule has 0 aromatic carbocycles. The summed E-state index contributed by atoms with van der Waals surface area (Å²) in [5, 5.41) is 3.04. The molecule has 0 radical (unpaired) electrons. The van der Waals surface area contributed by atoms with Gasteiger partial charge < -0.3 is 5.32 Å². The van der Waals surface area contributed by atoms with E-state index in [9.17, 15) is 4.79 Å². The molecule has 0 aromatic heterocycles. The molecule has 1 amide bonds. The fourth-order valence-corrected chi connectivity index (χ4v) is 2.87. The van der Waals surface area contributed by atoms with Crippen molar-refractivity contribution in [1.29, 1.82) is 0 Å². The van der Waals surface area contributed by atoms with Crippen molar-refractivity contribution in [2.45, 2.75) is 84.0 Å². The fraction of sp³-hybridized carbons (Fsp3) is 0.941. The van der Waals surface area contributed by atoms with Crippen LogP contribution in [0.3, 0.4) is 0 Å². The van der Waals surface area contributed by atoms with E-state index in [-0.39, 0.29) is 11.3 Å². The van der Waals surface area contributed by atoms with E-state index in [0.717, 1.165) is 13.0 Å². The van der Waals surface area contributed by atoms with E-state index in [1.165, 1.54) is 64.2 Å². The standard InChI is InChI=1S/C17H32ClNO/c1-2-3-4-5-6-7-8-9-10-11-16(20)19-15-17(14-18)12-13-17/h2-15H2,1H3,(H,19,20). The Morgan fingerprint density at radius 3 is 2.05 bits per heavy atom. The Labute approximate surface area is 130 Å². The van der Waals surface area contributed by atoms with Crippen LogP contribution in [0.4, 0.5) is 0 Å². The van der Waals surface area contributed by atoms with Gasteiger partial charge in [-0.15, -0.1) is 11.6 Å². The number of hydrogen-bond donors (Lipinski definition) is 1. The van der Waals surface area contributed by atoms with E-state index in [1.807, 2.05) is 0 Å². The number of amides is 1. The predicted molar refractivity (Wildman–Crippen MR) is 87.2 cm³/mol. The second-order valence-electron chi connectivity index (χ2n) is 6.49. The zero-order valence-corrected chi connectivity index (χ0v) is 13.9. The van der Waals surface area contributed by atoms with Crippen LogP contribution in [0.5, 0.6) is 0 Å². The normalized spacial score (nSPS) is 16.1. The Kier molecular flexibility index (Phi) is 9.33. The number of alkyl halides is 1. The van der Waals surface area contributed by atoms with Gasteiger partial charge in [-0.05, 0) is 19.3 Å². The van der Waals surface area contributed by atoms with Crippen LogP contribution in [0.25, 0.3) is 0 Å². The van der Waals surface area contributed by atoms with Gasteiger partial charge in [-0.1, -0.05) is 58.3 Å². The van der Waals surface area contributed by atoms with Crippen LogP contribution >= 0.6 is 11.6 Å². The molecule has 20 heavy (non-hydrogen) atoms. The zero-order chi connectivity index (χ0) is 14.7. The van der Waals surface area contributed by atoms with Gasteiger partial charge in [0.05, 0.1) is 0 Å². The Morgan fingerprint density at radius 2 is 1.55 bits per heavy atom. The SMILES string of the molecule is CCCCCCCCCCCC(=O)NCC1(CCl)CC1. The van der Waals surface area contributed by atoms with Crippen LogP contribution in [0.15, 0.2) is 0 Å². The first-order valence-electron chi connectivity index (χ1n) is 8.55. The lowest BCUT2D eigenvalue weighted by Gasteiger charge is -2.12.